The lowest BCUT2D eigenvalue weighted by molar-refractivity contribution is 0.0907. The Morgan fingerprint density at radius 2 is 2.00 bits per heavy atom. The average molecular weight is 286 g/mol. The summed E-state index contributed by atoms with van der Waals surface area (Å²) in [5.41, 5.74) is 1.74. The molecule has 1 atom stereocenters. The van der Waals surface area contributed by atoms with Crippen LogP contribution in [0.3, 0.4) is 0 Å². The summed E-state index contributed by atoms with van der Waals surface area (Å²) in [5.74, 6) is -0.136. The molecule has 2 aromatic rings. The number of hydrogen-bond acceptors (Lipinski definition) is 2. The molecule has 21 heavy (non-hydrogen) atoms. The smallest absolute Gasteiger partial charge is 0.268 e. The van der Waals surface area contributed by atoms with Gasteiger partial charge < -0.3 is 15.0 Å². The van der Waals surface area contributed by atoms with Crippen molar-refractivity contribution in [3.63, 3.8) is 0 Å². The highest BCUT2D eigenvalue weighted by Gasteiger charge is 2.16. The number of nitrogens with one attached hydrogen (secondary N) is 1. The predicted octanol–water partition coefficient (Wildman–Crippen LogP) is 2.23. The molecule has 1 amide bonds. The van der Waals surface area contributed by atoms with Crippen LogP contribution in [0.2, 0.25) is 0 Å². The zero-order valence-electron chi connectivity index (χ0n) is 12.3. The van der Waals surface area contributed by atoms with Crippen molar-refractivity contribution < 1.29 is 9.90 Å². The number of benzene rings is 1. The first kappa shape index (κ1) is 15.3. The molecule has 1 aromatic carbocycles. The zero-order chi connectivity index (χ0) is 15.1. The van der Waals surface area contributed by atoms with Crippen molar-refractivity contribution in [2.75, 3.05) is 6.61 Å². The molecule has 0 saturated heterocycles. The summed E-state index contributed by atoms with van der Waals surface area (Å²) in [6.07, 6.45) is 3.50. The van der Waals surface area contributed by atoms with Gasteiger partial charge in [-0.25, -0.2) is 0 Å². The third kappa shape index (κ3) is 4.20. The Bertz CT molecular complexity index is 563. The average Bonchev–Trinajstić information content (AvgIpc) is 2.96. The number of hydrogen-bond donors (Lipinski definition) is 2. The minimum atomic E-state index is -0.273. The van der Waals surface area contributed by atoms with Gasteiger partial charge in [0.2, 0.25) is 0 Å². The maximum absolute atomic E-state index is 12.3. The van der Waals surface area contributed by atoms with Gasteiger partial charge in [0, 0.05) is 12.7 Å². The van der Waals surface area contributed by atoms with Gasteiger partial charge in [-0.2, -0.15) is 0 Å². The van der Waals surface area contributed by atoms with Crippen LogP contribution in [0.5, 0.6) is 0 Å². The van der Waals surface area contributed by atoms with E-state index in [0.717, 1.165) is 18.5 Å². The van der Waals surface area contributed by atoms with E-state index in [1.807, 2.05) is 53.2 Å². The quantitative estimate of drug-likeness (QED) is 0.820. The Labute approximate surface area is 125 Å². The summed E-state index contributed by atoms with van der Waals surface area (Å²) in [5, 5.41) is 12.4. The van der Waals surface area contributed by atoms with E-state index in [4.69, 9.17) is 0 Å². The molecule has 1 heterocycles. The second-order valence-corrected chi connectivity index (χ2v) is 5.13. The van der Waals surface area contributed by atoms with Crippen molar-refractivity contribution in [1.82, 2.24) is 9.88 Å². The van der Waals surface area contributed by atoms with Gasteiger partial charge in [-0.05, 0) is 30.5 Å². The van der Waals surface area contributed by atoms with Gasteiger partial charge in [0.1, 0.15) is 5.69 Å². The first-order chi connectivity index (χ1) is 10.2. The fourth-order valence-corrected chi connectivity index (χ4v) is 2.38. The second kappa shape index (κ2) is 7.64. The molecule has 2 rings (SSSR count). The SMILES string of the molecule is CCCn1cccc1C(=O)N[C@@H](CO)Cc1ccccc1. The Hall–Kier alpha value is -2.07. The van der Waals surface area contributed by atoms with Gasteiger partial charge in [0.25, 0.3) is 5.91 Å². The molecule has 0 aliphatic carbocycles. The Morgan fingerprint density at radius 1 is 1.24 bits per heavy atom. The maximum atomic E-state index is 12.3. The van der Waals surface area contributed by atoms with Gasteiger partial charge in [-0.1, -0.05) is 37.3 Å². The molecular formula is C17H22N2O2. The van der Waals surface area contributed by atoms with Crippen LogP contribution in [0.15, 0.2) is 48.7 Å². The van der Waals surface area contributed by atoms with Crippen molar-refractivity contribution in [2.45, 2.75) is 32.4 Å². The van der Waals surface area contributed by atoms with Crippen LogP contribution in [0.4, 0.5) is 0 Å². The highest BCUT2D eigenvalue weighted by atomic mass is 16.3. The number of rotatable bonds is 7. The fraction of sp³-hybridized carbons (Fsp3) is 0.353. The molecule has 0 aliphatic rings. The minimum Gasteiger partial charge on any atom is -0.394 e. The topological polar surface area (TPSA) is 54.3 Å². The fourth-order valence-electron chi connectivity index (χ4n) is 2.38. The number of carbonyl (C=O) groups excluding carboxylic acids is 1. The third-order valence-electron chi connectivity index (χ3n) is 3.41. The minimum absolute atomic E-state index is 0.0743. The summed E-state index contributed by atoms with van der Waals surface area (Å²) < 4.78 is 1.94. The second-order valence-electron chi connectivity index (χ2n) is 5.13. The monoisotopic (exact) mass is 286 g/mol. The molecule has 0 spiro atoms. The van der Waals surface area contributed by atoms with E-state index in [1.165, 1.54) is 0 Å². The lowest BCUT2D eigenvalue weighted by Crippen LogP contribution is -2.39. The highest BCUT2D eigenvalue weighted by molar-refractivity contribution is 5.93. The highest BCUT2D eigenvalue weighted by Crippen LogP contribution is 2.07. The molecular weight excluding hydrogens is 264 g/mol. The molecule has 4 nitrogen and oxygen atoms in total. The Kier molecular flexibility index (Phi) is 5.58. The summed E-state index contributed by atoms with van der Waals surface area (Å²) >= 11 is 0. The predicted molar refractivity (Wildman–Crippen MR) is 83.2 cm³/mol. The summed E-state index contributed by atoms with van der Waals surface area (Å²) in [7, 11) is 0. The van der Waals surface area contributed by atoms with Gasteiger partial charge in [0.05, 0.1) is 12.6 Å². The lowest BCUT2D eigenvalue weighted by atomic mass is 10.1. The largest absolute Gasteiger partial charge is 0.394 e. The number of aromatic nitrogens is 1. The summed E-state index contributed by atoms with van der Waals surface area (Å²) in [4.78, 5) is 12.3. The Morgan fingerprint density at radius 3 is 2.67 bits per heavy atom. The van der Waals surface area contributed by atoms with Crippen molar-refractivity contribution in [2.24, 2.45) is 0 Å². The molecule has 0 saturated carbocycles. The van der Waals surface area contributed by atoms with Crippen LogP contribution in [-0.2, 0) is 13.0 Å². The van der Waals surface area contributed by atoms with E-state index in [2.05, 4.69) is 12.2 Å². The maximum Gasteiger partial charge on any atom is 0.268 e. The van der Waals surface area contributed by atoms with Crippen LogP contribution in [0.1, 0.15) is 29.4 Å². The lowest BCUT2D eigenvalue weighted by Gasteiger charge is -2.17. The van der Waals surface area contributed by atoms with E-state index in [-0.39, 0.29) is 18.6 Å². The van der Waals surface area contributed by atoms with E-state index in [0.29, 0.717) is 12.1 Å². The van der Waals surface area contributed by atoms with Crippen LogP contribution in [0, 0.1) is 0 Å². The van der Waals surface area contributed by atoms with Crippen molar-refractivity contribution in [3.8, 4) is 0 Å². The van der Waals surface area contributed by atoms with Gasteiger partial charge in [-0.3, -0.25) is 4.79 Å². The number of aryl methyl sites for hydroxylation is 1. The summed E-state index contributed by atoms with van der Waals surface area (Å²) in [6.45, 7) is 2.82. The first-order valence-electron chi connectivity index (χ1n) is 7.35. The zero-order valence-corrected chi connectivity index (χ0v) is 12.3. The first-order valence-corrected chi connectivity index (χ1v) is 7.35. The normalized spacial score (nSPS) is 12.1. The molecule has 0 bridgehead atoms. The van der Waals surface area contributed by atoms with Gasteiger partial charge in [0.15, 0.2) is 0 Å². The van der Waals surface area contributed by atoms with E-state index < -0.39 is 0 Å². The molecule has 112 valence electrons. The Balaban J connectivity index is 2.01. The standard InChI is InChI=1S/C17H22N2O2/c1-2-10-19-11-6-9-16(19)17(21)18-15(13-20)12-14-7-4-3-5-8-14/h3-9,11,15,20H,2,10,12-13H2,1H3,(H,18,21)/t15-/m1/s1. The number of amides is 1. The van der Waals surface area contributed by atoms with Crippen LogP contribution in [0.25, 0.3) is 0 Å². The van der Waals surface area contributed by atoms with E-state index >= 15 is 0 Å². The molecule has 0 aliphatic heterocycles. The van der Waals surface area contributed by atoms with Crippen LogP contribution < -0.4 is 5.32 Å². The number of carbonyl (C=O) groups is 1. The molecule has 0 radical (unpaired) electrons. The van der Waals surface area contributed by atoms with E-state index in [9.17, 15) is 9.90 Å². The molecule has 1 aromatic heterocycles. The van der Waals surface area contributed by atoms with E-state index in [1.54, 1.807) is 0 Å². The van der Waals surface area contributed by atoms with Crippen molar-refractivity contribution >= 4 is 5.91 Å². The van der Waals surface area contributed by atoms with Crippen molar-refractivity contribution in [1.29, 1.82) is 0 Å². The molecule has 2 N–H and O–H groups in total. The number of nitrogens with zero attached hydrogens (tertiary/aromatic N) is 1. The molecule has 4 heteroatoms. The number of aliphatic hydroxyl groups is 1. The molecule has 0 fully saturated rings. The van der Waals surface area contributed by atoms with Gasteiger partial charge in [-0.15, -0.1) is 0 Å². The van der Waals surface area contributed by atoms with Crippen molar-refractivity contribution in [3.05, 3.63) is 59.9 Å². The van der Waals surface area contributed by atoms with Crippen LogP contribution in [-0.4, -0.2) is 28.2 Å². The number of aliphatic hydroxyl groups excluding tert-OH is 1. The van der Waals surface area contributed by atoms with Crippen LogP contribution >= 0.6 is 0 Å². The third-order valence-corrected chi connectivity index (χ3v) is 3.41. The summed E-state index contributed by atoms with van der Waals surface area (Å²) in [6, 6.07) is 13.3. The van der Waals surface area contributed by atoms with Gasteiger partial charge >= 0.3 is 0 Å². The molecule has 0 unspecified atom stereocenters.